The van der Waals surface area contributed by atoms with E-state index in [1.165, 1.54) is 0 Å². The fraction of sp³-hybridized carbons (Fsp3) is 0. The van der Waals surface area contributed by atoms with E-state index in [2.05, 4.69) is 20.2 Å². The quantitative estimate of drug-likeness (QED) is 0.421. The molecule has 0 bridgehead atoms. The van der Waals surface area contributed by atoms with E-state index in [1.54, 1.807) is 24.3 Å². The minimum absolute atomic E-state index is 0.461. The summed E-state index contributed by atoms with van der Waals surface area (Å²) in [4.78, 5) is 7.70. The highest BCUT2D eigenvalue weighted by atomic mass is 35.5. The van der Waals surface area contributed by atoms with E-state index >= 15 is 0 Å². The van der Waals surface area contributed by atoms with Crippen LogP contribution in [-0.2, 0) is 0 Å². The molecule has 2 heterocycles. The number of nitrogens with one attached hydrogen (secondary N) is 2. The van der Waals surface area contributed by atoms with Gasteiger partial charge in [0.15, 0.2) is 5.82 Å². The summed E-state index contributed by atoms with van der Waals surface area (Å²) < 4.78 is 0. The van der Waals surface area contributed by atoms with Crippen molar-refractivity contribution in [1.82, 2.24) is 20.2 Å². The summed E-state index contributed by atoms with van der Waals surface area (Å²) in [7, 11) is 0. The number of hydrogen-bond acceptors (Lipinski definition) is 2. The number of aromatic amines is 2. The van der Waals surface area contributed by atoms with Crippen LogP contribution < -0.4 is 0 Å². The first kappa shape index (κ1) is 15.8. The van der Waals surface area contributed by atoms with Gasteiger partial charge in [-0.2, -0.15) is 5.10 Å². The molecule has 0 unspecified atom stereocenters. The standard InChI is InChI=1S/C16H8Cl4N4/c17-8-2-1-7(3-9(8)18)12-6-15(24-23-12)16-21-13-4-10(19)11(20)5-14(13)22-16/h1-6H,(H,21,22)(H,23,24). The maximum atomic E-state index is 6.06. The third-order valence-electron chi connectivity index (χ3n) is 3.57. The Labute approximate surface area is 156 Å². The average Bonchev–Trinajstić information content (AvgIpc) is 3.17. The van der Waals surface area contributed by atoms with Crippen molar-refractivity contribution < 1.29 is 0 Å². The molecule has 2 aromatic heterocycles. The summed E-state index contributed by atoms with van der Waals surface area (Å²) in [6.45, 7) is 0. The fourth-order valence-electron chi connectivity index (χ4n) is 2.38. The molecule has 0 fully saturated rings. The van der Waals surface area contributed by atoms with Crippen molar-refractivity contribution in [2.45, 2.75) is 0 Å². The first-order valence-electron chi connectivity index (χ1n) is 6.87. The molecule has 4 nitrogen and oxygen atoms in total. The van der Waals surface area contributed by atoms with Crippen molar-refractivity contribution in [3.63, 3.8) is 0 Å². The van der Waals surface area contributed by atoms with E-state index in [4.69, 9.17) is 46.4 Å². The van der Waals surface area contributed by atoms with Crippen LogP contribution in [0.4, 0.5) is 0 Å². The number of rotatable bonds is 2. The third kappa shape index (κ3) is 2.76. The number of nitrogens with zero attached hydrogens (tertiary/aromatic N) is 2. The lowest BCUT2D eigenvalue weighted by molar-refractivity contribution is 1.09. The summed E-state index contributed by atoms with van der Waals surface area (Å²) in [5.41, 5.74) is 3.85. The molecule has 120 valence electrons. The van der Waals surface area contributed by atoms with Gasteiger partial charge in [0.1, 0.15) is 5.69 Å². The number of aromatic nitrogens is 4. The molecule has 8 heteroatoms. The molecule has 0 aliphatic rings. The van der Waals surface area contributed by atoms with Gasteiger partial charge in [-0.3, -0.25) is 5.10 Å². The van der Waals surface area contributed by atoms with Gasteiger partial charge >= 0.3 is 0 Å². The van der Waals surface area contributed by atoms with Crippen LogP contribution in [0.1, 0.15) is 0 Å². The van der Waals surface area contributed by atoms with Gasteiger partial charge in [-0.05, 0) is 30.3 Å². The molecule has 0 spiro atoms. The van der Waals surface area contributed by atoms with Crippen LogP contribution in [0.15, 0.2) is 36.4 Å². The largest absolute Gasteiger partial charge is 0.337 e. The lowest BCUT2D eigenvalue weighted by Gasteiger charge is -1.98. The molecule has 2 aromatic carbocycles. The molecular weight excluding hydrogens is 390 g/mol. The molecule has 24 heavy (non-hydrogen) atoms. The summed E-state index contributed by atoms with van der Waals surface area (Å²) in [6, 6.07) is 10.7. The van der Waals surface area contributed by atoms with Crippen LogP contribution in [0.5, 0.6) is 0 Å². The Bertz CT molecular complexity index is 1030. The van der Waals surface area contributed by atoms with Crippen molar-refractivity contribution in [2.75, 3.05) is 0 Å². The Kier molecular flexibility index (Phi) is 3.93. The van der Waals surface area contributed by atoms with Gasteiger partial charge in [-0.15, -0.1) is 0 Å². The van der Waals surface area contributed by atoms with Crippen molar-refractivity contribution >= 4 is 57.4 Å². The monoisotopic (exact) mass is 396 g/mol. The van der Waals surface area contributed by atoms with E-state index in [1.807, 2.05) is 12.1 Å². The highest BCUT2D eigenvalue weighted by Gasteiger charge is 2.12. The molecule has 0 saturated carbocycles. The normalized spacial score (nSPS) is 11.3. The molecule has 0 saturated heterocycles. The fourth-order valence-corrected chi connectivity index (χ4v) is 3.00. The molecule has 0 aliphatic carbocycles. The van der Waals surface area contributed by atoms with Crippen molar-refractivity contribution in [1.29, 1.82) is 0 Å². The number of H-pyrrole nitrogens is 2. The number of benzene rings is 2. The van der Waals surface area contributed by atoms with E-state index in [-0.39, 0.29) is 0 Å². The summed E-state index contributed by atoms with van der Waals surface area (Å²) in [6.07, 6.45) is 0. The lowest BCUT2D eigenvalue weighted by Crippen LogP contribution is -1.79. The molecule has 2 N–H and O–H groups in total. The van der Waals surface area contributed by atoms with Gasteiger partial charge in [0.05, 0.1) is 36.8 Å². The Balaban J connectivity index is 1.75. The number of hydrogen-bond donors (Lipinski definition) is 2. The lowest BCUT2D eigenvalue weighted by atomic mass is 10.1. The molecule has 0 amide bonds. The SMILES string of the molecule is Clc1ccc(-c2cc(-c3nc4cc(Cl)c(Cl)cc4[nH]3)[nH]n2)cc1Cl. The molecular formula is C16H8Cl4N4. The van der Waals surface area contributed by atoms with Crippen molar-refractivity contribution in [3.05, 3.63) is 56.5 Å². The van der Waals surface area contributed by atoms with E-state index in [0.717, 1.165) is 28.0 Å². The number of halogens is 4. The number of imidazole rings is 1. The zero-order chi connectivity index (χ0) is 16.8. The van der Waals surface area contributed by atoms with Gasteiger partial charge in [0.2, 0.25) is 0 Å². The zero-order valence-corrected chi connectivity index (χ0v) is 14.9. The van der Waals surface area contributed by atoms with Gasteiger partial charge < -0.3 is 4.98 Å². The Morgan fingerprint density at radius 3 is 2.33 bits per heavy atom. The maximum absolute atomic E-state index is 6.06. The Morgan fingerprint density at radius 2 is 1.54 bits per heavy atom. The zero-order valence-electron chi connectivity index (χ0n) is 11.9. The van der Waals surface area contributed by atoms with Crippen LogP contribution in [0.3, 0.4) is 0 Å². The second kappa shape index (κ2) is 5.97. The second-order valence-electron chi connectivity index (χ2n) is 5.16. The van der Waals surface area contributed by atoms with E-state index in [9.17, 15) is 0 Å². The summed E-state index contributed by atoms with van der Waals surface area (Å²) >= 11 is 24.1. The molecule has 0 aliphatic heterocycles. The Morgan fingerprint density at radius 1 is 0.792 bits per heavy atom. The third-order valence-corrected chi connectivity index (χ3v) is 5.03. The van der Waals surface area contributed by atoms with Crippen LogP contribution in [-0.4, -0.2) is 20.2 Å². The molecule has 4 rings (SSSR count). The summed E-state index contributed by atoms with van der Waals surface area (Å²) in [5.74, 6) is 0.641. The smallest absolute Gasteiger partial charge is 0.156 e. The van der Waals surface area contributed by atoms with Gasteiger partial charge in [-0.25, -0.2) is 4.98 Å². The summed E-state index contributed by atoms with van der Waals surface area (Å²) in [5, 5.41) is 9.17. The van der Waals surface area contributed by atoms with Crippen LogP contribution >= 0.6 is 46.4 Å². The molecule has 4 aromatic rings. The predicted molar refractivity (Wildman–Crippen MR) is 99.2 cm³/mol. The molecule has 0 atom stereocenters. The predicted octanol–water partition coefficient (Wildman–Crippen LogP) is 6.23. The topological polar surface area (TPSA) is 57.4 Å². The first-order chi connectivity index (χ1) is 11.5. The van der Waals surface area contributed by atoms with E-state index < -0.39 is 0 Å². The first-order valence-corrected chi connectivity index (χ1v) is 8.38. The van der Waals surface area contributed by atoms with Crippen molar-refractivity contribution in [3.8, 4) is 22.8 Å². The maximum Gasteiger partial charge on any atom is 0.156 e. The average molecular weight is 398 g/mol. The minimum Gasteiger partial charge on any atom is -0.337 e. The Hall–Kier alpha value is -1.72. The van der Waals surface area contributed by atoms with Gasteiger partial charge in [0.25, 0.3) is 0 Å². The minimum atomic E-state index is 0.461. The van der Waals surface area contributed by atoms with Gasteiger partial charge in [-0.1, -0.05) is 52.5 Å². The van der Waals surface area contributed by atoms with Gasteiger partial charge in [0, 0.05) is 5.56 Å². The second-order valence-corrected chi connectivity index (χ2v) is 6.79. The highest BCUT2D eigenvalue weighted by Crippen LogP contribution is 2.31. The van der Waals surface area contributed by atoms with Crippen LogP contribution in [0.25, 0.3) is 33.8 Å². The van der Waals surface area contributed by atoms with Crippen LogP contribution in [0.2, 0.25) is 20.1 Å². The number of fused-ring (bicyclic) bond motifs is 1. The van der Waals surface area contributed by atoms with Crippen molar-refractivity contribution in [2.24, 2.45) is 0 Å². The van der Waals surface area contributed by atoms with Crippen LogP contribution in [0, 0.1) is 0 Å². The van der Waals surface area contributed by atoms with E-state index in [0.29, 0.717) is 25.9 Å². The highest BCUT2D eigenvalue weighted by molar-refractivity contribution is 6.43. The molecule has 0 radical (unpaired) electrons.